The number of hydrogen-bond donors (Lipinski definition) is 0. The molecule has 0 nitrogen and oxygen atoms in total. The first-order valence-corrected chi connectivity index (χ1v) is 0. The molecule has 0 atom stereocenters. The van der Waals surface area contributed by atoms with Crippen LogP contribution >= 0.6 is 0 Å². The molecule has 0 aromatic carbocycles. The average molecular weight is 267 g/mol. The second-order valence-corrected chi connectivity index (χ2v) is 0. The van der Waals surface area contributed by atoms with E-state index in [1.165, 1.54) is 0 Å². The van der Waals surface area contributed by atoms with Gasteiger partial charge in [-0.1, -0.05) is 0 Å². The van der Waals surface area contributed by atoms with E-state index < -0.39 is 0 Å². The molecule has 0 heterocycles. The molecule has 0 aromatic rings. The molecule has 0 aliphatic carbocycles. The normalized spacial score (nSPS) is 0. The van der Waals surface area contributed by atoms with Crippen LogP contribution in [-0.4, -0.2) is 110 Å². The van der Waals surface area contributed by atoms with Crippen LogP contribution in [0.3, 0.4) is 0 Å². The molecule has 0 spiro atoms. The molecule has 0 N–H and O–H groups in total. The third-order valence-corrected chi connectivity index (χ3v) is 0. The number of rotatable bonds is 0. The van der Waals surface area contributed by atoms with Gasteiger partial charge in [0.2, 0.25) is 0 Å². The van der Waals surface area contributed by atoms with Gasteiger partial charge in [-0.2, -0.15) is 0 Å². The Kier molecular flexibility index (Phi) is 94.3. The minimum absolute atomic E-state index is 0. The Hall–Kier alpha value is 4.22. The fourth-order valence-corrected chi connectivity index (χ4v) is 0. The predicted molar refractivity (Wildman–Crippen MR) is 17.3 cm³/mol. The maximum absolute atomic E-state index is 0. The van der Waals surface area contributed by atoms with Gasteiger partial charge in [0.05, 0.1) is 0 Å². The van der Waals surface area contributed by atoms with Gasteiger partial charge in [-0.05, 0) is 0 Å². The molecule has 0 aromatic heterocycles. The third-order valence-electron chi connectivity index (χ3n) is 0. The number of hydrogen-bond acceptors (Lipinski definition) is 0. The maximum Gasteiger partial charge on any atom is 0 e. The van der Waals surface area contributed by atoms with E-state index in [1.54, 1.807) is 0 Å². The van der Waals surface area contributed by atoms with E-state index >= 15 is 0 Å². The Morgan fingerprint density at radius 2 is 1.00 bits per heavy atom. The standard InChI is InChI=1S/Ba.Ca.Mg.Zn. The first kappa shape index (κ1) is 24.1. The van der Waals surface area contributed by atoms with Gasteiger partial charge in [0, 0.05) is 129 Å². The topological polar surface area (TPSA) is 0 Å². The SMILES string of the molecule is [Ba].[Ca].[Mg].[Zn]. The van der Waals surface area contributed by atoms with Crippen LogP contribution in [-0.2, 0) is 19.5 Å². The van der Waals surface area contributed by atoms with Gasteiger partial charge in [0.15, 0.2) is 0 Å². The van der Waals surface area contributed by atoms with Crippen molar-refractivity contribution < 1.29 is 19.5 Å². The summed E-state index contributed by atoms with van der Waals surface area (Å²) in [7, 11) is 0. The molecule has 0 aliphatic rings. The summed E-state index contributed by atoms with van der Waals surface area (Å²) in [6.45, 7) is 0. The van der Waals surface area contributed by atoms with Crippen molar-refractivity contribution in [3.05, 3.63) is 0 Å². The van der Waals surface area contributed by atoms with E-state index in [4.69, 9.17) is 0 Å². The van der Waals surface area contributed by atoms with E-state index in [0.29, 0.717) is 0 Å². The van der Waals surface area contributed by atoms with Gasteiger partial charge in [-0.15, -0.1) is 0 Å². The zero-order chi connectivity index (χ0) is 0. The van der Waals surface area contributed by atoms with Crippen molar-refractivity contribution in [2.75, 3.05) is 0 Å². The van der Waals surface area contributed by atoms with Gasteiger partial charge >= 0.3 is 0 Å². The summed E-state index contributed by atoms with van der Waals surface area (Å²) in [4.78, 5) is 0. The molecule has 0 unspecified atom stereocenters. The monoisotopic (exact) mass is 266 g/mol. The molecule has 0 rings (SSSR count). The summed E-state index contributed by atoms with van der Waals surface area (Å²) < 4.78 is 0. The summed E-state index contributed by atoms with van der Waals surface area (Å²) in [6.07, 6.45) is 0. The van der Waals surface area contributed by atoms with Gasteiger partial charge in [0.1, 0.15) is 0 Å². The van der Waals surface area contributed by atoms with Crippen LogP contribution in [0.15, 0.2) is 0 Å². The quantitative estimate of drug-likeness (QED) is 0.486. The Balaban J connectivity index is 0. The molecule has 4 heavy (non-hydrogen) atoms. The van der Waals surface area contributed by atoms with Gasteiger partial charge in [-0.3, -0.25) is 0 Å². The summed E-state index contributed by atoms with van der Waals surface area (Å²) in [5.41, 5.74) is 0. The van der Waals surface area contributed by atoms with Crippen LogP contribution in [0.25, 0.3) is 0 Å². The van der Waals surface area contributed by atoms with Crippen molar-refractivity contribution in [3.63, 3.8) is 0 Å². The molecule has 0 aliphatic heterocycles. The first-order valence-electron chi connectivity index (χ1n) is 0. The van der Waals surface area contributed by atoms with Crippen LogP contribution in [0.5, 0.6) is 0 Å². The minimum atomic E-state index is 0. The summed E-state index contributed by atoms with van der Waals surface area (Å²) in [5, 5.41) is 0. The fraction of sp³-hybridized carbons (Fsp3) is 0. The van der Waals surface area contributed by atoms with Crippen LogP contribution in [0, 0.1) is 0 Å². The fourth-order valence-electron chi connectivity index (χ4n) is 0. The van der Waals surface area contributed by atoms with E-state index in [9.17, 15) is 0 Å². The maximum atomic E-state index is 0. The van der Waals surface area contributed by atoms with Crippen LogP contribution < -0.4 is 0 Å². The molecule has 0 bridgehead atoms. The molecule has 8 valence electrons. The Labute approximate surface area is 125 Å². The van der Waals surface area contributed by atoms with Crippen molar-refractivity contribution in [1.29, 1.82) is 0 Å². The summed E-state index contributed by atoms with van der Waals surface area (Å²) >= 11 is 0. The van der Waals surface area contributed by atoms with Crippen molar-refractivity contribution in [1.82, 2.24) is 0 Å². The smallest absolute Gasteiger partial charge is 0 e. The van der Waals surface area contributed by atoms with Gasteiger partial charge in [-0.25, -0.2) is 0 Å². The van der Waals surface area contributed by atoms with E-state index in [0.717, 1.165) is 0 Å². The second-order valence-electron chi connectivity index (χ2n) is 0. The van der Waals surface area contributed by atoms with Crippen LogP contribution in [0.4, 0.5) is 0 Å². The largest absolute Gasteiger partial charge is 0 e. The molecular weight excluding hydrogens is 267 g/mol. The minimum Gasteiger partial charge on any atom is 0 e. The molecule has 6 radical (unpaired) electrons. The molecule has 0 saturated carbocycles. The van der Waals surface area contributed by atoms with Crippen molar-refractivity contribution in [2.24, 2.45) is 0 Å². The third kappa shape index (κ3) is 9.52. The van der Waals surface area contributed by atoms with E-state index in [2.05, 4.69) is 0 Å². The molecule has 0 amide bonds. The average Bonchev–Trinajstić information content (AvgIpc) is 0. The van der Waals surface area contributed by atoms with Crippen molar-refractivity contribution in [3.8, 4) is 0 Å². The Bertz CT molecular complexity index is 8.00. The zero-order valence-corrected chi connectivity index (χ0v) is 13.9. The summed E-state index contributed by atoms with van der Waals surface area (Å²) in [6, 6.07) is 0. The zero-order valence-electron chi connectivity index (χ0n) is 2.83. The Morgan fingerprint density at radius 3 is 1.00 bits per heavy atom. The predicted octanol–water partition coefficient (Wildman–Crippen LogP) is -1.14. The van der Waals surface area contributed by atoms with Gasteiger partial charge in [0.25, 0.3) is 0 Å². The molecule has 0 fully saturated rings. The van der Waals surface area contributed by atoms with Crippen LogP contribution in [0.1, 0.15) is 0 Å². The summed E-state index contributed by atoms with van der Waals surface area (Å²) in [5.74, 6) is 0. The Morgan fingerprint density at radius 1 is 1.00 bits per heavy atom. The van der Waals surface area contributed by atoms with Gasteiger partial charge < -0.3 is 0 Å². The molecular formula is BaCaMgZn. The van der Waals surface area contributed by atoms with E-state index in [-0.39, 0.29) is 129 Å². The molecule has 0 saturated heterocycles. The molecule has 4 heteroatoms. The van der Waals surface area contributed by atoms with E-state index in [1.807, 2.05) is 0 Å². The second kappa shape index (κ2) is 15.7. The van der Waals surface area contributed by atoms with Crippen molar-refractivity contribution in [2.45, 2.75) is 0 Å². The van der Waals surface area contributed by atoms with Crippen LogP contribution in [0.2, 0.25) is 0 Å². The van der Waals surface area contributed by atoms with Crippen molar-refractivity contribution >= 4 is 110 Å². The first-order chi connectivity index (χ1) is 0.